The zero-order valence-corrected chi connectivity index (χ0v) is 13.9. The van der Waals surface area contributed by atoms with E-state index in [0.717, 1.165) is 0 Å². The smallest absolute Gasteiger partial charge is 0.344 e. The highest BCUT2D eigenvalue weighted by molar-refractivity contribution is 9.10. The summed E-state index contributed by atoms with van der Waals surface area (Å²) in [6, 6.07) is 9.90. The average Bonchev–Trinajstić information content (AvgIpc) is 2.54. The molecular weight excluding hydrogens is 385 g/mol. The van der Waals surface area contributed by atoms with Gasteiger partial charge in [-0.3, -0.25) is 4.79 Å². The number of rotatable bonds is 6. The Morgan fingerprint density at radius 1 is 1.17 bits per heavy atom. The molecule has 2 aromatic carbocycles. The third-order valence-electron chi connectivity index (χ3n) is 2.78. The molecule has 0 saturated heterocycles. The molecule has 0 bridgehead atoms. The second kappa shape index (κ2) is 8.30. The maximum Gasteiger partial charge on any atom is 0.344 e. The van der Waals surface area contributed by atoms with E-state index in [-0.39, 0.29) is 17.2 Å². The lowest BCUT2D eigenvalue weighted by molar-refractivity contribution is -0.149. The molecule has 0 aliphatic heterocycles. The molecule has 0 spiro atoms. The van der Waals surface area contributed by atoms with Crippen LogP contribution >= 0.6 is 15.9 Å². The number of carbonyl (C=O) groups excluding carboxylic acids is 2. The third kappa shape index (κ3) is 5.24. The number of carbonyl (C=O) groups is 2. The molecule has 2 N–H and O–H groups in total. The van der Waals surface area contributed by atoms with Gasteiger partial charge in [0.1, 0.15) is 17.3 Å². The fourth-order valence-corrected chi connectivity index (χ4v) is 2.15. The molecule has 0 aliphatic rings. The summed E-state index contributed by atoms with van der Waals surface area (Å²) in [5.41, 5.74) is 0.213. The van der Waals surface area contributed by atoms with Crippen LogP contribution in [0.1, 0.15) is 0 Å². The van der Waals surface area contributed by atoms with Crippen LogP contribution in [-0.4, -0.2) is 30.2 Å². The quantitative estimate of drug-likeness (QED) is 0.578. The van der Waals surface area contributed by atoms with E-state index in [4.69, 9.17) is 9.47 Å². The molecule has 126 valence electrons. The first kappa shape index (κ1) is 17.7. The number of esters is 1. The van der Waals surface area contributed by atoms with Crippen LogP contribution < -0.4 is 10.1 Å². The Morgan fingerprint density at radius 3 is 2.62 bits per heavy atom. The van der Waals surface area contributed by atoms with E-state index < -0.39 is 30.9 Å². The first-order valence-corrected chi connectivity index (χ1v) is 7.56. The number of benzene rings is 2. The number of ether oxygens (including phenoxy) is 2. The van der Waals surface area contributed by atoms with Crippen LogP contribution in [0.5, 0.6) is 11.5 Å². The lowest BCUT2D eigenvalue weighted by Crippen LogP contribution is -2.23. The van der Waals surface area contributed by atoms with Gasteiger partial charge in [-0.2, -0.15) is 0 Å². The van der Waals surface area contributed by atoms with Gasteiger partial charge in [-0.1, -0.05) is 12.1 Å². The van der Waals surface area contributed by atoms with E-state index in [1.54, 1.807) is 12.1 Å². The number of halogens is 2. The molecule has 0 aromatic heterocycles. The van der Waals surface area contributed by atoms with Gasteiger partial charge >= 0.3 is 5.97 Å². The highest BCUT2D eigenvalue weighted by atomic mass is 79.9. The second-order valence-electron chi connectivity index (χ2n) is 4.59. The van der Waals surface area contributed by atoms with Crippen LogP contribution in [0.3, 0.4) is 0 Å². The number of anilines is 1. The second-order valence-corrected chi connectivity index (χ2v) is 5.44. The number of phenols is 1. The van der Waals surface area contributed by atoms with E-state index in [1.165, 1.54) is 30.3 Å². The lowest BCUT2D eigenvalue weighted by Gasteiger charge is -2.09. The Bertz CT molecular complexity index is 753. The van der Waals surface area contributed by atoms with Crippen LogP contribution in [0.15, 0.2) is 46.9 Å². The highest BCUT2D eigenvalue weighted by Crippen LogP contribution is 2.25. The number of aromatic hydroxyl groups is 1. The number of para-hydroxylation sites is 2. The minimum Gasteiger partial charge on any atom is -0.506 e. The minimum atomic E-state index is -0.765. The molecule has 1 amide bonds. The predicted octanol–water partition coefficient (Wildman–Crippen LogP) is 2.85. The summed E-state index contributed by atoms with van der Waals surface area (Å²) in [5, 5.41) is 11.9. The van der Waals surface area contributed by atoms with Crippen LogP contribution in [0.4, 0.5) is 10.1 Å². The van der Waals surface area contributed by atoms with Crippen molar-refractivity contribution in [2.75, 3.05) is 18.5 Å². The highest BCUT2D eigenvalue weighted by Gasteiger charge is 2.11. The van der Waals surface area contributed by atoms with Crippen molar-refractivity contribution < 1.29 is 28.6 Å². The van der Waals surface area contributed by atoms with Crippen molar-refractivity contribution in [3.63, 3.8) is 0 Å². The normalized spacial score (nSPS) is 10.1. The van der Waals surface area contributed by atoms with Gasteiger partial charge in [-0.05, 0) is 46.3 Å². The van der Waals surface area contributed by atoms with E-state index in [0.29, 0.717) is 4.47 Å². The summed E-state index contributed by atoms with van der Waals surface area (Å²) in [6.45, 7) is -0.963. The van der Waals surface area contributed by atoms with Crippen LogP contribution in [0.2, 0.25) is 0 Å². The molecular formula is C16H13BrFNO5. The first-order valence-electron chi connectivity index (χ1n) is 6.77. The SMILES string of the molecule is O=C(COC(=O)COc1ccc(F)cc1Br)Nc1ccccc1O. The van der Waals surface area contributed by atoms with Crippen LogP contribution in [-0.2, 0) is 14.3 Å². The Labute approximate surface area is 145 Å². The lowest BCUT2D eigenvalue weighted by atomic mass is 10.3. The molecule has 2 aromatic rings. The van der Waals surface area contributed by atoms with Gasteiger partial charge < -0.3 is 19.9 Å². The maximum atomic E-state index is 12.9. The monoisotopic (exact) mass is 397 g/mol. The van der Waals surface area contributed by atoms with Crippen molar-refractivity contribution in [1.29, 1.82) is 0 Å². The third-order valence-corrected chi connectivity index (χ3v) is 3.40. The summed E-state index contributed by atoms with van der Waals surface area (Å²) in [7, 11) is 0. The predicted molar refractivity (Wildman–Crippen MR) is 87.3 cm³/mol. The summed E-state index contributed by atoms with van der Waals surface area (Å²) in [6.07, 6.45) is 0. The molecule has 0 radical (unpaired) electrons. The van der Waals surface area contributed by atoms with Gasteiger partial charge in [0.25, 0.3) is 5.91 Å². The van der Waals surface area contributed by atoms with Crippen molar-refractivity contribution in [3.8, 4) is 11.5 Å². The van der Waals surface area contributed by atoms with Crippen LogP contribution in [0, 0.1) is 5.82 Å². The number of phenolic OH excluding ortho intramolecular Hbond substituents is 1. The van der Waals surface area contributed by atoms with Crippen LogP contribution in [0.25, 0.3) is 0 Å². The van der Waals surface area contributed by atoms with Gasteiger partial charge in [0, 0.05) is 0 Å². The first-order chi connectivity index (χ1) is 11.5. The number of amides is 1. The molecule has 0 saturated carbocycles. The summed E-state index contributed by atoms with van der Waals surface area (Å²) < 4.78 is 23.2. The van der Waals surface area contributed by atoms with Crippen molar-refractivity contribution in [2.45, 2.75) is 0 Å². The molecule has 0 atom stereocenters. The van der Waals surface area contributed by atoms with E-state index in [1.807, 2.05) is 0 Å². The van der Waals surface area contributed by atoms with Crippen molar-refractivity contribution in [1.82, 2.24) is 0 Å². The molecule has 0 aliphatic carbocycles. The average molecular weight is 398 g/mol. The molecule has 0 unspecified atom stereocenters. The summed E-state index contributed by atoms with van der Waals surface area (Å²) >= 11 is 3.10. The maximum absolute atomic E-state index is 12.9. The van der Waals surface area contributed by atoms with Crippen molar-refractivity contribution >= 4 is 33.5 Å². The van der Waals surface area contributed by atoms with E-state index in [2.05, 4.69) is 21.2 Å². The van der Waals surface area contributed by atoms with E-state index in [9.17, 15) is 19.1 Å². The number of hydrogen-bond acceptors (Lipinski definition) is 5. The molecule has 2 rings (SSSR count). The Morgan fingerprint density at radius 2 is 1.92 bits per heavy atom. The zero-order chi connectivity index (χ0) is 17.5. The molecule has 6 nitrogen and oxygen atoms in total. The molecule has 24 heavy (non-hydrogen) atoms. The zero-order valence-electron chi connectivity index (χ0n) is 12.3. The Kier molecular flexibility index (Phi) is 6.14. The van der Waals surface area contributed by atoms with Crippen molar-refractivity contribution in [3.05, 3.63) is 52.8 Å². The van der Waals surface area contributed by atoms with E-state index >= 15 is 0 Å². The number of nitrogens with one attached hydrogen (secondary N) is 1. The fraction of sp³-hybridized carbons (Fsp3) is 0.125. The van der Waals surface area contributed by atoms with Gasteiger partial charge in [0.05, 0.1) is 10.2 Å². The molecule has 8 heteroatoms. The van der Waals surface area contributed by atoms with Gasteiger partial charge in [-0.15, -0.1) is 0 Å². The number of hydrogen-bond donors (Lipinski definition) is 2. The van der Waals surface area contributed by atoms with Gasteiger partial charge in [-0.25, -0.2) is 9.18 Å². The topological polar surface area (TPSA) is 84.9 Å². The largest absolute Gasteiger partial charge is 0.506 e. The van der Waals surface area contributed by atoms with Gasteiger partial charge in [0.2, 0.25) is 0 Å². The molecule has 0 fully saturated rings. The Hall–Kier alpha value is -2.61. The fourth-order valence-electron chi connectivity index (χ4n) is 1.68. The summed E-state index contributed by atoms with van der Waals surface area (Å²) in [5.74, 6) is -1.64. The standard InChI is InChI=1S/C16H13BrFNO5/c17-11-7-10(18)5-6-14(11)23-9-16(22)24-8-15(21)19-12-3-1-2-4-13(12)20/h1-7,20H,8-9H2,(H,19,21). The Balaban J connectivity index is 1.76. The minimum absolute atomic E-state index is 0.0957. The van der Waals surface area contributed by atoms with Gasteiger partial charge in [0.15, 0.2) is 13.2 Å². The summed E-state index contributed by atoms with van der Waals surface area (Å²) in [4.78, 5) is 23.2. The molecule has 0 heterocycles. The van der Waals surface area contributed by atoms with Crippen molar-refractivity contribution in [2.24, 2.45) is 0 Å².